The van der Waals surface area contributed by atoms with Crippen molar-refractivity contribution in [3.63, 3.8) is 0 Å². The van der Waals surface area contributed by atoms with E-state index in [0.29, 0.717) is 0 Å². The highest BCUT2D eigenvalue weighted by atomic mass is 16.8. The highest BCUT2D eigenvalue weighted by molar-refractivity contribution is 5.73. The molecule has 7 rings (SSSR count). The van der Waals surface area contributed by atoms with Gasteiger partial charge in [0, 0.05) is 13.8 Å². The lowest BCUT2D eigenvalue weighted by molar-refractivity contribution is -0.388. The summed E-state index contributed by atoms with van der Waals surface area (Å²) >= 11 is 0. The van der Waals surface area contributed by atoms with Crippen LogP contribution in [0.25, 0.3) is 0 Å². The van der Waals surface area contributed by atoms with E-state index in [9.17, 15) is 111 Å². The molecule has 89 heavy (non-hydrogen) atoms. The fraction of sp³-hybridized carbons (Fsp3) is 0.940. The number of ether oxygens (including phenoxy) is 14. The second kappa shape index (κ2) is 32.5. The summed E-state index contributed by atoms with van der Waals surface area (Å²) < 4.78 is 82.6. The molecular weight excluding hydrogens is 1220 g/mol. The monoisotopic (exact) mass is 1300 g/mol. The van der Waals surface area contributed by atoms with Gasteiger partial charge in [-0.2, -0.15) is 0 Å². The molecule has 0 spiro atoms. The lowest BCUT2D eigenvalue weighted by Crippen LogP contribution is -2.70. The number of hydrogen-bond donors (Lipinski definition) is 22. The highest BCUT2D eigenvalue weighted by Crippen LogP contribution is 2.38. The molecule has 0 radical (unpaired) electrons. The van der Waals surface area contributed by atoms with Crippen molar-refractivity contribution in [3.8, 4) is 0 Å². The molecule has 0 aromatic carbocycles. The summed E-state index contributed by atoms with van der Waals surface area (Å²) in [7, 11) is 0. The minimum absolute atomic E-state index is 0.250. The van der Waals surface area contributed by atoms with Gasteiger partial charge < -0.3 is 179 Å². The van der Waals surface area contributed by atoms with Gasteiger partial charge in [-0.15, -0.1) is 0 Å². The number of rotatable bonds is 25. The fourth-order valence-electron chi connectivity index (χ4n) is 11.2. The van der Waals surface area contributed by atoms with Crippen LogP contribution in [0, 0.1) is 0 Å². The zero-order valence-corrected chi connectivity index (χ0v) is 48.2. The van der Waals surface area contributed by atoms with Crippen LogP contribution in [0.1, 0.15) is 27.7 Å². The largest absolute Gasteiger partial charge is 0.394 e. The Kier molecular flexibility index (Phi) is 26.8. The van der Waals surface area contributed by atoms with Gasteiger partial charge in [-0.05, 0) is 13.8 Å². The standard InChI is InChI=1S/C50H85N3O36/c1-13-25(62)30(67)34(71)47(78-13)85-39-19(7-56)82-45(23(29(39)66)52-15(3)60)89-43-28(65)22(84-50(38(43)75)86-40-20(8-57)83-46(37(74)33(40)70)76-10-17(5-54)51-12-59)11-77-44-24(53-16(4)61)42(88-48-35(72)31(68)26(63)14(2)79-48)41(21(9-58)81-44)87-49-36(73)32(69)27(64)18(6-55)80-49/h12-14,17-50,54-58,62-75H,5-11H2,1-4H3,(H,51,59)(H,52,60)(H,53,61)/t13-,14-,17+,18+,19+,20+,21+,22+,23+,24+,25+,26+,27-,28-,29+,30+,31+,32-,33+,34-,35-,36+,37+,38+,39+,40+,41+,42+,43-,44+,45-,46+,47-,48-,49-,50-/m0/s1. The smallest absolute Gasteiger partial charge is 0.217 e. The van der Waals surface area contributed by atoms with Gasteiger partial charge in [-0.25, -0.2) is 0 Å². The average molecular weight is 1300 g/mol. The summed E-state index contributed by atoms with van der Waals surface area (Å²) in [6, 6.07) is -4.66. The highest BCUT2D eigenvalue weighted by Gasteiger charge is 2.59. The molecule has 0 aromatic rings. The van der Waals surface area contributed by atoms with Crippen LogP contribution >= 0.6 is 0 Å². The predicted octanol–water partition coefficient (Wildman–Crippen LogP) is -14.8. The predicted molar refractivity (Wildman–Crippen MR) is 276 cm³/mol. The van der Waals surface area contributed by atoms with E-state index in [4.69, 9.17) is 66.3 Å². The van der Waals surface area contributed by atoms with Crippen molar-refractivity contribution >= 4 is 18.2 Å². The molecule has 36 atom stereocenters. The maximum atomic E-state index is 13.2. The molecule has 3 amide bonds. The zero-order valence-electron chi connectivity index (χ0n) is 48.2. The quantitative estimate of drug-likeness (QED) is 0.0377. The van der Waals surface area contributed by atoms with Gasteiger partial charge in [0.25, 0.3) is 0 Å². The Bertz CT molecular complexity index is 2210. The van der Waals surface area contributed by atoms with Gasteiger partial charge in [-0.3, -0.25) is 14.4 Å². The third-order valence-electron chi connectivity index (χ3n) is 16.2. The van der Waals surface area contributed by atoms with Gasteiger partial charge >= 0.3 is 0 Å². The number of aliphatic hydroxyl groups is 19. The first-order valence-corrected chi connectivity index (χ1v) is 28.5. The van der Waals surface area contributed by atoms with E-state index < -0.39 is 279 Å². The van der Waals surface area contributed by atoms with Crippen molar-refractivity contribution in [3.05, 3.63) is 0 Å². The van der Waals surface area contributed by atoms with Crippen LogP contribution < -0.4 is 16.0 Å². The van der Waals surface area contributed by atoms with Crippen molar-refractivity contribution in [1.82, 2.24) is 16.0 Å². The van der Waals surface area contributed by atoms with Crippen molar-refractivity contribution in [1.29, 1.82) is 0 Å². The van der Waals surface area contributed by atoms with Gasteiger partial charge in [0.15, 0.2) is 44.0 Å². The third kappa shape index (κ3) is 16.6. The average Bonchev–Trinajstić information content (AvgIpc) is 1.38. The van der Waals surface area contributed by atoms with Crippen LogP contribution in [0.4, 0.5) is 0 Å². The van der Waals surface area contributed by atoms with Gasteiger partial charge in [-0.1, -0.05) is 0 Å². The number of nitrogens with one attached hydrogen (secondary N) is 3. The van der Waals surface area contributed by atoms with E-state index in [1.807, 2.05) is 0 Å². The third-order valence-corrected chi connectivity index (χ3v) is 16.2. The SMILES string of the molecule is CC(=O)N[C@H]1[C@H](O[C@H]2[C@@H](O)[C@@H](CO[C@@H]3O[C@H](CO)[C@@H](O[C@@H]4O[C@H](CO)[C@H](O)[C@H](O)[C@H]4O)[C@H](O[C@@H]4O[C@@H](C)[C@@H](O)[C@@H](O)[C@@H]4O)[C@H]3NC(C)=O)O[C@@H](O[C@H]3[C@H](O)[C@@H](O)[C@H](OC[C@@H](CO)NC=O)O[C@@H]3CO)[C@@H]2O)O[C@H](CO)[C@@H](O[C@@H]2O[C@@H](C)[C@@H](O)[C@@H](O)[C@@H]2O)[C@@H]1O. The van der Waals surface area contributed by atoms with Crippen LogP contribution in [0.3, 0.4) is 0 Å². The molecule has 7 heterocycles. The summed E-state index contributed by atoms with van der Waals surface area (Å²) in [6.07, 6.45) is -62.3. The van der Waals surface area contributed by atoms with Crippen LogP contribution in [-0.2, 0) is 80.7 Å². The Morgan fingerprint density at radius 1 is 0.393 bits per heavy atom. The normalized spacial score (nSPS) is 48.5. The number of carbonyl (C=O) groups excluding carboxylic acids is 3. The minimum atomic E-state index is -2.34. The summed E-state index contributed by atoms with van der Waals surface area (Å²) in [6.45, 7) is -1.67. The second-order valence-electron chi connectivity index (χ2n) is 22.5. The molecule has 22 N–H and O–H groups in total. The summed E-state index contributed by atoms with van der Waals surface area (Å²) in [5.41, 5.74) is 0. The number of amides is 3. The Morgan fingerprint density at radius 3 is 1.31 bits per heavy atom. The molecule has 0 aliphatic carbocycles. The molecule has 0 saturated carbocycles. The number of aliphatic hydroxyl groups excluding tert-OH is 19. The summed E-state index contributed by atoms with van der Waals surface area (Å²) in [5.74, 6) is -1.76. The van der Waals surface area contributed by atoms with Crippen LogP contribution in [0.2, 0.25) is 0 Å². The first kappa shape index (κ1) is 73.5. The molecule has 7 saturated heterocycles. The lowest BCUT2D eigenvalue weighted by atomic mass is 9.94. The number of carbonyl (C=O) groups is 3. The molecule has 0 aromatic heterocycles. The maximum Gasteiger partial charge on any atom is 0.217 e. The van der Waals surface area contributed by atoms with E-state index in [1.54, 1.807) is 0 Å². The van der Waals surface area contributed by atoms with Gasteiger partial charge in [0.05, 0.1) is 64.5 Å². The van der Waals surface area contributed by atoms with Gasteiger partial charge in [0.1, 0.15) is 159 Å². The topological polar surface area (TPSA) is 601 Å². The first-order chi connectivity index (χ1) is 42.1. The fourth-order valence-corrected chi connectivity index (χ4v) is 11.2. The van der Waals surface area contributed by atoms with E-state index >= 15 is 0 Å². The van der Waals surface area contributed by atoms with Gasteiger partial charge in [0.2, 0.25) is 18.2 Å². The van der Waals surface area contributed by atoms with E-state index in [2.05, 4.69) is 16.0 Å². The first-order valence-electron chi connectivity index (χ1n) is 28.5. The second-order valence-corrected chi connectivity index (χ2v) is 22.5. The van der Waals surface area contributed by atoms with Crippen molar-refractivity contribution < 1.29 is 178 Å². The minimum Gasteiger partial charge on any atom is -0.394 e. The van der Waals surface area contributed by atoms with E-state index in [1.165, 1.54) is 13.8 Å². The van der Waals surface area contributed by atoms with E-state index in [-0.39, 0.29) is 6.41 Å². The number of hydrogen-bond acceptors (Lipinski definition) is 36. The Balaban J connectivity index is 1.22. The molecule has 7 aliphatic heterocycles. The van der Waals surface area contributed by atoms with Crippen molar-refractivity contribution in [2.75, 3.05) is 46.2 Å². The molecule has 0 bridgehead atoms. The maximum absolute atomic E-state index is 13.2. The molecule has 0 unspecified atom stereocenters. The Labute approximate surface area is 505 Å². The van der Waals surface area contributed by atoms with Crippen molar-refractivity contribution in [2.45, 2.75) is 249 Å². The van der Waals surface area contributed by atoms with Crippen LogP contribution in [0.5, 0.6) is 0 Å². The zero-order chi connectivity index (χ0) is 65.6. The molecule has 516 valence electrons. The Hall–Kier alpha value is -2.91. The van der Waals surface area contributed by atoms with Crippen molar-refractivity contribution in [2.24, 2.45) is 0 Å². The Morgan fingerprint density at radius 2 is 0.798 bits per heavy atom. The lowest BCUT2D eigenvalue weighted by Gasteiger charge is -2.51. The summed E-state index contributed by atoms with van der Waals surface area (Å²) in [5, 5.41) is 214. The van der Waals surface area contributed by atoms with Crippen LogP contribution in [0.15, 0.2) is 0 Å². The molecule has 7 aliphatic rings. The van der Waals surface area contributed by atoms with Crippen LogP contribution in [-0.4, -0.2) is 382 Å². The molecule has 7 fully saturated rings. The molecule has 39 heteroatoms. The molecular formula is C50H85N3O36. The summed E-state index contributed by atoms with van der Waals surface area (Å²) in [4.78, 5) is 37.0. The van der Waals surface area contributed by atoms with E-state index in [0.717, 1.165) is 13.8 Å². The molecule has 39 nitrogen and oxygen atoms in total.